The molecule has 1 aromatic rings. The third-order valence-electron chi connectivity index (χ3n) is 0.739. The van der Waals surface area contributed by atoms with Crippen LogP contribution >= 0.6 is 7.68 Å². The van der Waals surface area contributed by atoms with Gasteiger partial charge in [-0.15, -0.1) is 0 Å². The molecule has 7 heavy (non-hydrogen) atoms. The van der Waals surface area contributed by atoms with E-state index in [0.717, 1.165) is 0 Å². The summed E-state index contributed by atoms with van der Waals surface area (Å²) < 4.78 is 0. The lowest BCUT2D eigenvalue weighted by molar-refractivity contribution is 1.87. The molecule has 0 saturated carbocycles. The highest BCUT2D eigenvalue weighted by molar-refractivity contribution is 7.47. The maximum atomic E-state index is 5.51. The summed E-state index contributed by atoms with van der Waals surface area (Å²) in [4.78, 5) is 0. The Morgan fingerprint density at radius 2 is 1.57 bits per heavy atom. The maximum absolute atomic E-state index is 5.51. The zero-order valence-corrected chi connectivity index (χ0v) is 4.81. The van der Waals surface area contributed by atoms with E-state index in [1.54, 1.807) is 0 Å². The Hall–Kier alpha value is -0.390. The van der Waals surface area contributed by atoms with Crippen LogP contribution in [0.3, 0.4) is 0 Å². The van der Waals surface area contributed by atoms with Crippen molar-refractivity contribution in [1.29, 1.82) is 0 Å². The van der Waals surface area contributed by atoms with Crippen molar-refractivity contribution in [3.8, 4) is 0 Å². The highest BCUT2D eigenvalue weighted by Crippen LogP contribution is 2.12. The molecule has 2 heteroatoms. The van der Waals surface area contributed by atoms with Crippen molar-refractivity contribution in [2.45, 2.75) is 0 Å². The topological polar surface area (TPSA) is 26.0 Å². The predicted octanol–water partition coefficient (Wildman–Crippen LogP) is 1.67. The van der Waals surface area contributed by atoms with Gasteiger partial charge in [-0.25, -0.2) is 0 Å². The van der Waals surface area contributed by atoms with Crippen LogP contribution < -0.4 is 5.50 Å². The van der Waals surface area contributed by atoms with E-state index >= 15 is 0 Å². The summed E-state index contributed by atoms with van der Waals surface area (Å²) in [6.45, 7) is 0. The standard InChI is InChI=1S/C5H7NP/c6-7-4-2-1-3-5-7/h1-5H,6H2/q+1. The van der Waals surface area contributed by atoms with Gasteiger partial charge in [-0.2, -0.15) is 5.50 Å². The Balaban J connectivity index is 3.02. The summed E-state index contributed by atoms with van der Waals surface area (Å²) in [6.07, 6.45) is 0. The van der Waals surface area contributed by atoms with Crippen molar-refractivity contribution in [2.24, 2.45) is 0 Å². The Morgan fingerprint density at radius 1 is 1.00 bits per heavy atom. The van der Waals surface area contributed by atoms with Crippen molar-refractivity contribution in [3.05, 3.63) is 29.8 Å². The number of hydrogen-bond donors (Lipinski definition) is 1. The predicted molar refractivity (Wildman–Crippen MR) is 33.7 cm³/mol. The van der Waals surface area contributed by atoms with Crippen molar-refractivity contribution in [2.75, 3.05) is 5.50 Å². The molecule has 1 rings (SSSR count). The number of nitrogen functional groups attached to an aromatic ring is 1. The van der Waals surface area contributed by atoms with Gasteiger partial charge in [0.05, 0.1) is 0 Å². The summed E-state index contributed by atoms with van der Waals surface area (Å²) in [5, 5.41) is 0. The van der Waals surface area contributed by atoms with Gasteiger partial charge in [0.25, 0.3) is 0 Å². The van der Waals surface area contributed by atoms with E-state index in [2.05, 4.69) is 0 Å². The first kappa shape index (κ1) is 4.76. The number of nitrogens with two attached hydrogens (primary N) is 1. The van der Waals surface area contributed by atoms with Gasteiger partial charge in [0.15, 0.2) is 0 Å². The van der Waals surface area contributed by atoms with Crippen LogP contribution in [-0.2, 0) is 0 Å². The van der Waals surface area contributed by atoms with Gasteiger partial charge in [-0.1, -0.05) is 6.07 Å². The monoisotopic (exact) mass is 112 g/mol. The highest BCUT2D eigenvalue weighted by Gasteiger charge is 1.86. The molecule has 1 heterocycles. The molecule has 0 radical (unpaired) electrons. The Kier molecular flexibility index (Phi) is 1.40. The number of hydrogen-bond acceptors (Lipinski definition) is 1. The number of rotatable bonds is 0. The fourth-order valence-corrected chi connectivity index (χ4v) is 1.11. The van der Waals surface area contributed by atoms with Crippen molar-refractivity contribution in [3.63, 3.8) is 0 Å². The lowest BCUT2D eigenvalue weighted by Crippen LogP contribution is -1.69. The highest BCUT2D eigenvalue weighted by atomic mass is 31.1. The average Bonchev–Trinajstić information content (AvgIpc) is 1.69. The molecule has 0 aliphatic rings. The minimum atomic E-state index is -0.384. The lowest BCUT2D eigenvalue weighted by Gasteiger charge is -1.70. The maximum Gasteiger partial charge on any atom is 0.210 e. The molecule has 0 atom stereocenters. The van der Waals surface area contributed by atoms with E-state index in [1.807, 2.05) is 29.8 Å². The van der Waals surface area contributed by atoms with Crippen LogP contribution in [0.4, 0.5) is 0 Å². The van der Waals surface area contributed by atoms with Gasteiger partial charge in [-0.3, -0.25) is 0 Å². The summed E-state index contributed by atoms with van der Waals surface area (Å²) in [5.74, 6) is 4.02. The Labute approximate surface area is 43.9 Å². The first-order valence-electron chi connectivity index (χ1n) is 2.11. The second-order valence-corrected chi connectivity index (χ2v) is 2.81. The third kappa shape index (κ3) is 1.26. The van der Waals surface area contributed by atoms with Crippen LogP contribution in [-0.4, -0.2) is 0 Å². The SMILES string of the molecule is N[p+]1ccccc1. The molecular weight excluding hydrogens is 105 g/mol. The first-order valence-corrected chi connectivity index (χ1v) is 3.66. The van der Waals surface area contributed by atoms with Crippen molar-refractivity contribution in [1.82, 2.24) is 0 Å². The molecule has 0 spiro atoms. The van der Waals surface area contributed by atoms with E-state index in [1.165, 1.54) is 0 Å². The molecule has 0 aliphatic heterocycles. The molecule has 0 saturated heterocycles. The fraction of sp³-hybridized carbons (Fsp3) is 0. The van der Waals surface area contributed by atoms with Crippen molar-refractivity contribution < 1.29 is 0 Å². The summed E-state index contributed by atoms with van der Waals surface area (Å²) in [7, 11) is -0.384. The molecule has 0 unspecified atom stereocenters. The smallest absolute Gasteiger partial charge is 0.153 e. The average molecular weight is 112 g/mol. The molecule has 1 aromatic heterocycles. The quantitative estimate of drug-likeness (QED) is 0.542. The molecule has 0 aliphatic carbocycles. The fourth-order valence-electron chi connectivity index (χ4n) is 0.412. The second kappa shape index (κ2) is 2.06. The van der Waals surface area contributed by atoms with Crippen LogP contribution in [0.5, 0.6) is 0 Å². The van der Waals surface area contributed by atoms with Gasteiger partial charge in [0.2, 0.25) is 7.68 Å². The molecule has 0 aromatic carbocycles. The largest absolute Gasteiger partial charge is 0.210 e. The summed E-state index contributed by atoms with van der Waals surface area (Å²) >= 11 is 0. The van der Waals surface area contributed by atoms with Crippen LogP contribution in [0.25, 0.3) is 0 Å². The van der Waals surface area contributed by atoms with Gasteiger partial charge >= 0.3 is 0 Å². The van der Waals surface area contributed by atoms with E-state index in [4.69, 9.17) is 5.50 Å². The van der Waals surface area contributed by atoms with E-state index in [-0.39, 0.29) is 7.68 Å². The van der Waals surface area contributed by atoms with Gasteiger partial charge < -0.3 is 0 Å². The molecule has 2 N–H and O–H groups in total. The van der Waals surface area contributed by atoms with Gasteiger partial charge in [0, 0.05) is 0 Å². The Bertz CT molecular complexity index is 138. The molecule has 0 bridgehead atoms. The molecule has 0 amide bonds. The summed E-state index contributed by atoms with van der Waals surface area (Å²) in [6, 6.07) is 5.93. The first-order chi connectivity index (χ1) is 3.39. The van der Waals surface area contributed by atoms with Crippen LogP contribution in [0.1, 0.15) is 0 Å². The minimum Gasteiger partial charge on any atom is -0.153 e. The van der Waals surface area contributed by atoms with Gasteiger partial charge in [0.1, 0.15) is 11.6 Å². The molecule has 1 nitrogen and oxygen atoms in total. The zero-order valence-electron chi connectivity index (χ0n) is 3.91. The van der Waals surface area contributed by atoms with Gasteiger partial charge in [-0.05, 0) is 12.1 Å². The third-order valence-corrected chi connectivity index (χ3v) is 1.77. The molecule has 36 valence electrons. The molecule has 0 fully saturated rings. The lowest BCUT2D eigenvalue weighted by atomic mass is 10.6. The zero-order chi connectivity index (χ0) is 5.11. The van der Waals surface area contributed by atoms with Crippen LogP contribution in [0.2, 0.25) is 0 Å². The van der Waals surface area contributed by atoms with E-state index in [0.29, 0.717) is 0 Å². The molecular formula is C5H7NP+. The Morgan fingerprint density at radius 3 is 1.86 bits per heavy atom. The van der Waals surface area contributed by atoms with Crippen LogP contribution in [0.15, 0.2) is 29.8 Å². The summed E-state index contributed by atoms with van der Waals surface area (Å²) in [5.41, 5.74) is 5.51. The normalized spacial score (nSPS) is 8.71. The van der Waals surface area contributed by atoms with Crippen molar-refractivity contribution >= 4 is 7.68 Å². The second-order valence-electron chi connectivity index (χ2n) is 1.32. The van der Waals surface area contributed by atoms with E-state index in [9.17, 15) is 0 Å². The minimum absolute atomic E-state index is 0.384. The van der Waals surface area contributed by atoms with E-state index < -0.39 is 0 Å². The van der Waals surface area contributed by atoms with Crippen LogP contribution in [0, 0.1) is 0 Å².